The van der Waals surface area contributed by atoms with Crippen LogP contribution in [0.25, 0.3) is 0 Å². The Labute approximate surface area is 84.0 Å². The molecule has 0 aliphatic heterocycles. The van der Waals surface area contributed by atoms with Crippen LogP contribution in [-0.4, -0.2) is 30.8 Å². The first-order valence-electron chi connectivity index (χ1n) is 4.60. The van der Waals surface area contributed by atoms with Gasteiger partial charge in [-0.25, -0.2) is 0 Å². The van der Waals surface area contributed by atoms with E-state index >= 15 is 0 Å². The van der Waals surface area contributed by atoms with Crippen molar-refractivity contribution < 1.29 is 0 Å². The third kappa shape index (κ3) is 2.06. The average molecular weight is 155 g/mol. The van der Waals surface area contributed by atoms with Crippen LogP contribution in [0.5, 0.6) is 0 Å². The molecule has 0 atom stereocenters. The molecule has 12 heavy (non-hydrogen) atoms. The van der Waals surface area contributed by atoms with E-state index in [-0.39, 0.29) is 0 Å². The molecule has 0 aliphatic rings. The molecule has 0 fully saturated rings. The molecule has 0 amide bonds. The van der Waals surface area contributed by atoms with Crippen molar-refractivity contribution in [3.05, 3.63) is 24.3 Å². The molecule has 0 saturated carbocycles. The molecular weight excluding hydrogens is 141 g/mol. The third-order valence-electron chi connectivity index (χ3n) is 2.22. The van der Waals surface area contributed by atoms with Gasteiger partial charge in [-0.1, -0.05) is 0 Å². The van der Waals surface area contributed by atoms with Gasteiger partial charge in [-0.2, -0.15) is 0 Å². The molecule has 0 radical (unpaired) electrons. The van der Waals surface area contributed by atoms with Crippen molar-refractivity contribution >= 4 is 27.6 Å². The molecular formula is C10H14LiN. The first kappa shape index (κ1) is 9.70. The molecule has 1 rings (SSSR count). The number of nitrogens with zero attached hydrogens (tertiary/aromatic N) is 1. The quantitative estimate of drug-likeness (QED) is 0.595. The Morgan fingerprint density at radius 1 is 1.17 bits per heavy atom. The zero-order valence-electron chi connectivity index (χ0n) is 8.17. The van der Waals surface area contributed by atoms with Crippen LogP contribution in [0.3, 0.4) is 0 Å². The first-order valence-corrected chi connectivity index (χ1v) is 4.60. The van der Waals surface area contributed by atoms with Crippen LogP contribution in [0.2, 0.25) is 0 Å². The third-order valence-corrected chi connectivity index (χ3v) is 2.22. The summed E-state index contributed by atoms with van der Waals surface area (Å²) in [5.41, 5.74) is 1.36. The van der Waals surface area contributed by atoms with E-state index in [0.29, 0.717) is 0 Å². The fraction of sp³-hybridized carbons (Fsp3) is 0.400. The normalized spacial score (nSPS) is 10.0. The second-order valence-corrected chi connectivity index (χ2v) is 2.96. The van der Waals surface area contributed by atoms with Crippen molar-refractivity contribution in [2.24, 2.45) is 0 Å². The zero-order valence-corrected chi connectivity index (χ0v) is 8.17. The topological polar surface area (TPSA) is 3.24 Å². The number of rotatable bonds is 3. The van der Waals surface area contributed by atoms with Crippen LogP contribution in [0.4, 0.5) is 5.69 Å². The SMILES string of the molecule is [Li][c]1ccccc1N(CC)CC. The molecule has 1 aromatic carbocycles. The molecule has 0 spiro atoms. The predicted molar refractivity (Wildman–Crippen MR) is 55.4 cm³/mol. The van der Waals surface area contributed by atoms with Crippen LogP contribution in [0.1, 0.15) is 13.8 Å². The molecule has 0 heterocycles. The van der Waals surface area contributed by atoms with Gasteiger partial charge in [0, 0.05) is 0 Å². The summed E-state index contributed by atoms with van der Waals surface area (Å²) in [4.78, 5) is 2.37. The van der Waals surface area contributed by atoms with E-state index in [4.69, 9.17) is 0 Å². The summed E-state index contributed by atoms with van der Waals surface area (Å²) in [5, 5.41) is 0. The van der Waals surface area contributed by atoms with Crippen molar-refractivity contribution in [2.45, 2.75) is 13.8 Å². The molecule has 0 unspecified atom stereocenters. The zero-order chi connectivity index (χ0) is 8.97. The number of benzene rings is 1. The number of hydrogen-bond acceptors (Lipinski definition) is 1. The van der Waals surface area contributed by atoms with Crippen LogP contribution in [-0.2, 0) is 0 Å². The monoisotopic (exact) mass is 155 g/mol. The average Bonchev–Trinajstić information content (AvgIpc) is 2.10. The fourth-order valence-electron chi connectivity index (χ4n) is 1.48. The maximum absolute atomic E-state index is 2.37. The van der Waals surface area contributed by atoms with E-state index in [1.807, 2.05) is 0 Å². The second-order valence-electron chi connectivity index (χ2n) is 2.96. The van der Waals surface area contributed by atoms with Gasteiger partial charge >= 0.3 is 83.7 Å². The van der Waals surface area contributed by atoms with Crippen LogP contribution >= 0.6 is 0 Å². The standard InChI is InChI=1S/C10H14N.Li/c1-3-11(4-2)10-8-6-5-7-9-10;/h5-8H,3-4H2,1-2H3;. The predicted octanol–water partition coefficient (Wildman–Crippen LogP) is 1.33. The summed E-state index contributed by atoms with van der Waals surface area (Å²) in [6, 6.07) is 8.53. The summed E-state index contributed by atoms with van der Waals surface area (Å²) >= 11 is 2.16. The molecule has 0 saturated heterocycles. The van der Waals surface area contributed by atoms with Gasteiger partial charge < -0.3 is 0 Å². The van der Waals surface area contributed by atoms with Gasteiger partial charge in [-0.05, 0) is 0 Å². The Morgan fingerprint density at radius 3 is 2.25 bits per heavy atom. The van der Waals surface area contributed by atoms with Crippen LogP contribution in [0.15, 0.2) is 24.3 Å². The molecule has 1 aromatic rings. The van der Waals surface area contributed by atoms with Crippen molar-refractivity contribution in [2.75, 3.05) is 18.0 Å². The number of anilines is 1. The Hall–Kier alpha value is -0.383. The van der Waals surface area contributed by atoms with E-state index in [9.17, 15) is 0 Å². The van der Waals surface area contributed by atoms with Crippen LogP contribution < -0.4 is 9.14 Å². The van der Waals surface area contributed by atoms with Crippen LogP contribution in [0, 0.1) is 0 Å². The van der Waals surface area contributed by atoms with E-state index in [2.05, 4.69) is 60.7 Å². The molecule has 0 bridgehead atoms. The van der Waals surface area contributed by atoms with E-state index in [0.717, 1.165) is 13.1 Å². The Bertz CT molecular complexity index is 243. The van der Waals surface area contributed by atoms with E-state index in [1.54, 1.807) is 0 Å². The number of hydrogen-bond donors (Lipinski definition) is 0. The summed E-state index contributed by atoms with van der Waals surface area (Å²) in [5.74, 6) is 0. The van der Waals surface area contributed by atoms with Gasteiger partial charge in [0.25, 0.3) is 0 Å². The molecule has 2 heteroatoms. The van der Waals surface area contributed by atoms with Crippen molar-refractivity contribution in [1.82, 2.24) is 0 Å². The van der Waals surface area contributed by atoms with Gasteiger partial charge in [0.05, 0.1) is 0 Å². The molecule has 0 N–H and O–H groups in total. The minimum absolute atomic E-state index is 1.08. The van der Waals surface area contributed by atoms with Crippen molar-refractivity contribution in [3.63, 3.8) is 0 Å². The minimum atomic E-state index is 1.08. The molecule has 0 aromatic heterocycles. The van der Waals surface area contributed by atoms with Gasteiger partial charge in [0.15, 0.2) is 0 Å². The summed E-state index contributed by atoms with van der Waals surface area (Å²) < 4.78 is 1.36. The van der Waals surface area contributed by atoms with Gasteiger partial charge in [0.2, 0.25) is 0 Å². The fourth-order valence-corrected chi connectivity index (χ4v) is 1.48. The Kier molecular flexibility index (Phi) is 3.72. The van der Waals surface area contributed by atoms with Crippen molar-refractivity contribution in [3.8, 4) is 0 Å². The van der Waals surface area contributed by atoms with E-state index in [1.165, 1.54) is 9.92 Å². The summed E-state index contributed by atoms with van der Waals surface area (Å²) in [6.07, 6.45) is 0. The maximum atomic E-state index is 2.37. The Morgan fingerprint density at radius 2 is 1.75 bits per heavy atom. The number of para-hydroxylation sites is 1. The first-order chi connectivity index (χ1) is 5.79. The van der Waals surface area contributed by atoms with Gasteiger partial charge in [-0.15, -0.1) is 0 Å². The van der Waals surface area contributed by atoms with Gasteiger partial charge in [0.1, 0.15) is 0 Å². The van der Waals surface area contributed by atoms with Crippen molar-refractivity contribution in [1.29, 1.82) is 0 Å². The summed E-state index contributed by atoms with van der Waals surface area (Å²) in [6.45, 7) is 6.55. The summed E-state index contributed by atoms with van der Waals surface area (Å²) in [7, 11) is 0. The van der Waals surface area contributed by atoms with E-state index < -0.39 is 0 Å². The molecule has 60 valence electrons. The molecule has 0 aliphatic carbocycles. The Balaban J connectivity index is 2.92. The second kappa shape index (κ2) is 4.60. The molecule has 1 nitrogen and oxygen atoms in total. The van der Waals surface area contributed by atoms with Gasteiger partial charge in [-0.3, -0.25) is 0 Å².